The van der Waals surface area contributed by atoms with Crippen LogP contribution in [-0.4, -0.2) is 57.5 Å². The molecule has 0 saturated carbocycles. The molecular formula is C35H45ClFN3O3. The maximum atomic E-state index is 14.4. The average Bonchev–Trinajstić information content (AvgIpc) is 3.56. The molecule has 232 valence electrons. The molecule has 3 aromatic rings. The van der Waals surface area contributed by atoms with Crippen LogP contribution in [0.5, 0.6) is 0 Å². The highest BCUT2D eigenvalue weighted by atomic mass is 35.5. The number of carbonyl (C=O) groups is 2. The van der Waals surface area contributed by atoms with Gasteiger partial charge in [0.2, 0.25) is 5.91 Å². The second kappa shape index (κ2) is 13.1. The summed E-state index contributed by atoms with van der Waals surface area (Å²) < 4.78 is 22.2. The Labute approximate surface area is 260 Å². The number of hydrogen-bond acceptors (Lipinski definition) is 3. The molecule has 2 aromatic carbocycles. The minimum Gasteiger partial charge on any atom is -0.444 e. The largest absolute Gasteiger partial charge is 0.444 e. The Kier molecular flexibility index (Phi) is 9.95. The van der Waals surface area contributed by atoms with Crippen LogP contribution in [0.3, 0.4) is 0 Å². The molecule has 1 aliphatic rings. The monoisotopic (exact) mass is 609 g/mol. The lowest BCUT2D eigenvalue weighted by atomic mass is 9.82. The van der Waals surface area contributed by atoms with Gasteiger partial charge in [0.1, 0.15) is 17.3 Å². The number of aromatic nitrogens is 1. The molecule has 6 nitrogen and oxygen atoms in total. The number of carbonyl (C=O) groups excluding carboxylic acids is 2. The van der Waals surface area contributed by atoms with Gasteiger partial charge in [-0.2, -0.15) is 0 Å². The number of halogens is 2. The quantitative estimate of drug-likeness (QED) is 0.243. The van der Waals surface area contributed by atoms with Crippen LogP contribution in [-0.2, 0) is 16.1 Å². The zero-order valence-corrected chi connectivity index (χ0v) is 27.2. The number of aryl methyl sites for hydroxylation is 1. The van der Waals surface area contributed by atoms with Gasteiger partial charge in [-0.05, 0) is 80.3 Å². The summed E-state index contributed by atoms with van der Waals surface area (Å²) >= 11 is 6.25. The van der Waals surface area contributed by atoms with E-state index in [2.05, 4.69) is 49.7 Å². The van der Waals surface area contributed by atoms with Gasteiger partial charge < -0.3 is 19.1 Å². The number of ether oxygens (including phenoxy) is 1. The van der Waals surface area contributed by atoms with Gasteiger partial charge in [-0.3, -0.25) is 4.79 Å². The van der Waals surface area contributed by atoms with Crippen LogP contribution >= 0.6 is 11.6 Å². The third-order valence-corrected chi connectivity index (χ3v) is 8.10. The van der Waals surface area contributed by atoms with Crippen molar-refractivity contribution in [3.05, 3.63) is 83.4 Å². The molecule has 2 heterocycles. The molecule has 1 aromatic heterocycles. The van der Waals surface area contributed by atoms with Gasteiger partial charge in [-0.15, -0.1) is 11.6 Å². The first-order valence-electron chi connectivity index (χ1n) is 15.0. The number of nitrogens with zero attached hydrogens (tertiary/aromatic N) is 3. The highest BCUT2D eigenvalue weighted by Gasteiger charge is 2.40. The van der Waals surface area contributed by atoms with Crippen LogP contribution in [0.4, 0.5) is 9.18 Å². The average molecular weight is 610 g/mol. The molecule has 1 aliphatic heterocycles. The standard InChI is InChI=1S/C35H45ClFN3O3/c1-24-13-14-28(37)18-29(24)27-17-30(39(23-27)20-25-11-9-8-10-12-25)32(34(2,3)4)40(31(41)19-36)22-26-15-16-38(21-26)33(42)43-35(5,6)7/h8-14,17-18,23,26,32H,15-16,19-22H2,1-7H3. The molecule has 1 saturated heterocycles. The molecule has 0 spiro atoms. The normalized spacial score (nSPS) is 16.3. The fourth-order valence-corrected chi connectivity index (χ4v) is 6.13. The summed E-state index contributed by atoms with van der Waals surface area (Å²) in [7, 11) is 0. The fourth-order valence-electron chi connectivity index (χ4n) is 5.98. The van der Waals surface area contributed by atoms with Crippen molar-refractivity contribution in [1.82, 2.24) is 14.4 Å². The van der Waals surface area contributed by atoms with E-state index in [1.165, 1.54) is 6.07 Å². The van der Waals surface area contributed by atoms with E-state index < -0.39 is 5.60 Å². The molecule has 0 radical (unpaired) electrons. The third kappa shape index (κ3) is 8.20. The Morgan fingerprint density at radius 3 is 2.40 bits per heavy atom. The van der Waals surface area contributed by atoms with E-state index in [1.807, 2.05) is 50.8 Å². The predicted octanol–water partition coefficient (Wildman–Crippen LogP) is 8.06. The van der Waals surface area contributed by atoms with Gasteiger partial charge in [0, 0.05) is 43.6 Å². The summed E-state index contributed by atoms with van der Waals surface area (Å²) in [6, 6.07) is 16.8. The van der Waals surface area contributed by atoms with E-state index in [9.17, 15) is 14.0 Å². The number of alkyl halides is 1. The Hall–Kier alpha value is -3.32. The van der Waals surface area contributed by atoms with Crippen molar-refractivity contribution < 1.29 is 18.7 Å². The molecule has 2 unspecified atom stereocenters. The molecule has 0 N–H and O–H groups in total. The predicted molar refractivity (Wildman–Crippen MR) is 171 cm³/mol. The van der Waals surface area contributed by atoms with E-state index in [4.69, 9.17) is 16.3 Å². The van der Waals surface area contributed by atoms with Crippen LogP contribution in [0.2, 0.25) is 0 Å². The minimum atomic E-state index is -0.574. The van der Waals surface area contributed by atoms with Crippen LogP contribution in [0, 0.1) is 24.1 Å². The smallest absolute Gasteiger partial charge is 0.410 e. The van der Waals surface area contributed by atoms with Gasteiger partial charge >= 0.3 is 6.09 Å². The highest BCUT2D eigenvalue weighted by molar-refractivity contribution is 6.27. The highest BCUT2D eigenvalue weighted by Crippen LogP contribution is 2.42. The van der Waals surface area contributed by atoms with Gasteiger partial charge in [0.25, 0.3) is 0 Å². The Morgan fingerprint density at radius 1 is 1.07 bits per heavy atom. The number of rotatable bonds is 8. The number of amides is 2. The van der Waals surface area contributed by atoms with Gasteiger partial charge in [0.15, 0.2) is 0 Å². The lowest BCUT2D eigenvalue weighted by molar-refractivity contribution is -0.134. The van der Waals surface area contributed by atoms with Crippen molar-refractivity contribution in [3.8, 4) is 11.1 Å². The summed E-state index contributed by atoms with van der Waals surface area (Å²) in [5.74, 6) is -0.523. The maximum Gasteiger partial charge on any atom is 0.410 e. The summed E-state index contributed by atoms with van der Waals surface area (Å²) in [6.45, 7) is 16.1. The van der Waals surface area contributed by atoms with E-state index in [0.29, 0.717) is 26.2 Å². The Morgan fingerprint density at radius 2 is 1.77 bits per heavy atom. The topological polar surface area (TPSA) is 54.8 Å². The summed E-state index contributed by atoms with van der Waals surface area (Å²) in [6.07, 6.45) is 2.50. The fraction of sp³-hybridized carbons (Fsp3) is 0.486. The van der Waals surface area contributed by atoms with Crippen molar-refractivity contribution in [3.63, 3.8) is 0 Å². The molecular weight excluding hydrogens is 565 g/mol. The number of likely N-dealkylation sites (tertiary alicyclic amines) is 1. The lowest BCUT2D eigenvalue weighted by Crippen LogP contribution is -2.45. The molecule has 4 rings (SSSR count). The molecule has 1 fully saturated rings. The zero-order chi connectivity index (χ0) is 31.5. The first-order chi connectivity index (χ1) is 20.2. The summed E-state index contributed by atoms with van der Waals surface area (Å²) in [5, 5.41) is 0. The van der Waals surface area contributed by atoms with Crippen molar-refractivity contribution in [2.24, 2.45) is 11.3 Å². The van der Waals surface area contributed by atoms with Crippen LogP contribution < -0.4 is 0 Å². The van der Waals surface area contributed by atoms with E-state index in [0.717, 1.165) is 34.4 Å². The van der Waals surface area contributed by atoms with Crippen molar-refractivity contribution >= 4 is 23.6 Å². The van der Waals surface area contributed by atoms with E-state index in [-0.39, 0.29) is 41.1 Å². The lowest BCUT2D eigenvalue weighted by Gasteiger charge is -2.42. The number of benzene rings is 2. The third-order valence-electron chi connectivity index (χ3n) is 7.88. The van der Waals surface area contributed by atoms with Crippen LogP contribution in [0.25, 0.3) is 11.1 Å². The zero-order valence-electron chi connectivity index (χ0n) is 26.5. The van der Waals surface area contributed by atoms with Crippen LogP contribution in [0.1, 0.15) is 70.8 Å². The summed E-state index contributed by atoms with van der Waals surface area (Å²) in [4.78, 5) is 30.0. The SMILES string of the molecule is Cc1ccc(F)cc1-c1cc(C(N(CC2CCN(C(=O)OC(C)(C)C)C2)C(=O)CCl)C(C)(C)C)n(Cc2ccccc2)c1. The first-order valence-corrected chi connectivity index (χ1v) is 15.5. The Bertz CT molecular complexity index is 1420. The van der Waals surface area contributed by atoms with E-state index in [1.54, 1.807) is 17.0 Å². The minimum absolute atomic E-state index is 0.0759. The van der Waals surface area contributed by atoms with Crippen LogP contribution in [0.15, 0.2) is 60.8 Å². The molecule has 43 heavy (non-hydrogen) atoms. The second-order valence-electron chi connectivity index (χ2n) is 13.8. The first kappa shape index (κ1) is 32.6. The number of hydrogen-bond donors (Lipinski definition) is 0. The molecule has 0 aliphatic carbocycles. The van der Waals surface area contributed by atoms with Gasteiger partial charge in [0.05, 0.1) is 6.04 Å². The summed E-state index contributed by atoms with van der Waals surface area (Å²) in [5.41, 5.74) is 3.82. The van der Waals surface area contributed by atoms with Crippen molar-refractivity contribution in [2.75, 3.05) is 25.5 Å². The van der Waals surface area contributed by atoms with Crippen molar-refractivity contribution in [1.29, 1.82) is 0 Å². The van der Waals surface area contributed by atoms with Crippen molar-refractivity contribution in [2.45, 2.75) is 73.1 Å². The Balaban J connectivity index is 1.75. The van der Waals surface area contributed by atoms with Gasteiger partial charge in [-0.1, -0.05) is 57.2 Å². The molecule has 0 bridgehead atoms. The molecule has 2 atom stereocenters. The molecule has 2 amide bonds. The van der Waals surface area contributed by atoms with Gasteiger partial charge in [-0.25, -0.2) is 9.18 Å². The van der Waals surface area contributed by atoms with E-state index >= 15 is 0 Å². The maximum absolute atomic E-state index is 14.4. The molecule has 8 heteroatoms. The second-order valence-corrected chi connectivity index (χ2v) is 14.0.